The van der Waals surface area contributed by atoms with E-state index < -0.39 is 0 Å². The molecule has 2 aromatic carbocycles. The molecule has 1 amide bonds. The molecule has 0 fully saturated rings. The third kappa shape index (κ3) is 1.98. The smallest absolute Gasteiger partial charge is 0.288 e. The van der Waals surface area contributed by atoms with Crippen LogP contribution in [0.3, 0.4) is 0 Å². The summed E-state index contributed by atoms with van der Waals surface area (Å²) in [6.07, 6.45) is 0. The zero-order valence-electron chi connectivity index (χ0n) is 11.6. The van der Waals surface area contributed by atoms with E-state index in [9.17, 15) is 9.18 Å². The molecular weight excluding hydrogens is 281 g/mol. The largest absolute Gasteiger partial charge is 0.330 e. The number of rotatable bonds is 1. The summed E-state index contributed by atoms with van der Waals surface area (Å²) in [6.45, 7) is 0.452. The van der Waals surface area contributed by atoms with Crippen LogP contribution in [0.25, 0.3) is 10.9 Å². The van der Waals surface area contributed by atoms with E-state index in [-0.39, 0.29) is 11.7 Å². The van der Waals surface area contributed by atoms with Crippen molar-refractivity contribution in [1.82, 2.24) is 9.99 Å². The first-order valence-electron chi connectivity index (χ1n) is 6.93. The van der Waals surface area contributed by atoms with Gasteiger partial charge < -0.3 is 4.57 Å². The molecule has 0 spiro atoms. The monoisotopic (exact) mass is 293 g/mol. The lowest BCUT2D eigenvalue weighted by molar-refractivity contribution is 0.0949. The molecule has 0 unspecified atom stereocenters. The molecule has 1 N–H and O–H groups in total. The van der Waals surface area contributed by atoms with Crippen molar-refractivity contribution < 1.29 is 9.18 Å². The Balaban J connectivity index is 1.85. The molecule has 1 aromatic heterocycles. The average molecular weight is 293 g/mol. The van der Waals surface area contributed by atoms with Gasteiger partial charge in [-0.05, 0) is 29.8 Å². The van der Waals surface area contributed by atoms with Gasteiger partial charge in [-0.2, -0.15) is 5.10 Å². The fourth-order valence-electron chi connectivity index (χ4n) is 2.73. The van der Waals surface area contributed by atoms with E-state index in [2.05, 4.69) is 10.5 Å². The molecule has 0 saturated heterocycles. The number of hydrazone groups is 1. The highest BCUT2D eigenvalue weighted by atomic mass is 19.1. The number of carbonyl (C=O) groups excluding carboxylic acids is 1. The normalized spacial score (nSPS) is 14.2. The van der Waals surface area contributed by atoms with Crippen LogP contribution >= 0.6 is 0 Å². The summed E-state index contributed by atoms with van der Waals surface area (Å²) in [5.41, 5.74) is 5.58. The number of carbonyl (C=O) groups is 1. The van der Waals surface area contributed by atoms with E-state index in [1.165, 1.54) is 12.1 Å². The van der Waals surface area contributed by atoms with Gasteiger partial charge in [0.25, 0.3) is 5.91 Å². The van der Waals surface area contributed by atoms with Crippen LogP contribution in [0.5, 0.6) is 0 Å². The Kier molecular flexibility index (Phi) is 2.79. The molecule has 108 valence electrons. The first-order valence-corrected chi connectivity index (χ1v) is 6.93. The van der Waals surface area contributed by atoms with Gasteiger partial charge in [-0.1, -0.05) is 30.3 Å². The van der Waals surface area contributed by atoms with Gasteiger partial charge in [-0.15, -0.1) is 0 Å². The minimum atomic E-state index is -0.297. The molecule has 22 heavy (non-hydrogen) atoms. The molecule has 0 atom stereocenters. The molecule has 3 aromatic rings. The summed E-state index contributed by atoms with van der Waals surface area (Å²) in [5, 5.41) is 5.18. The predicted octanol–water partition coefficient (Wildman–Crippen LogP) is 2.93. The van der Waals surface area contributed by atoms with Gasteiger partial charge in [0, 0.05) is 10.9 Å². The van der Waals surface area contributed by atoms with E-state index >= 15 is 0 Å². The van der Waals surface area contributed by atoms with E-state index in [1.807, 2.05) is 34.9 Å². The second-order valence-corrected chi connectivity index (χ2v) is 5.18. The van der Waals surface area contributed by atoms with Gasteiger partial charge in [0.05, 0.1) is 12.3 Å². The van der Waals surface area contributed by atoms with Crippen molar-refractivity contribution in [2.45, 2.75) is 6.54 Å². The first kappa shape index (κ1) is 12.8. The number of nitrogens with one attached hydrogen (secondary N) is 1. The Bertz CT molecular complexity index is 909. The highest BCUT2D eigenvalue weighted by molar-refractivity contribution is 6.06. The highest BCUT2D eigenvalue weighted by Gasteiger charge is 2.20. The van der Waals surface area contributed by atoms with Crippen molar-refractivity contribution in [3.8, 4) is 0 Å². The Morgan fingerprint density at radius 2 is 1.86 bits per heavy atom. The maximum Gasteiger partial charge on any atom is 0.288 e. The minimum Gasteiger partial charge on any atom is -0.330 e. The number of amides is 1. The van der Waals surface area contributed by atoms with Crippen molar-refractivity contribution in [3.63, 3.8) is 0 Å². The number of nitrogens with zero attached hydrogens (tertiary/aromatic N) is 2. The van der Waals surface area contributed by atoms with E-state index in [4.69, 9.17) is 0 Å². The van der Waals surface area contributed by atoms with E-state index in [1.54, 1.807) is 12.1 Å². The summed E-state index contributed by atoms with van der Waals surface area (Å²) < 4.78 is 15.0. The number of hydrogen-bond donors (Lipinski definition) is 1. The number of fused-ring (bicyclic) bond motifs is 3. The van der Waals surface area contributed by atoms with Crippen molar-refractivity contribution in [3.05, 3.63) is 71.7 Å². The van der Waals surface area contributed by atoms with Crippen LogP contribution in [0.4, 0.5) is 4.39 Å². The Morgan fingerprint density at radius 3 is 2.68 bits per heavy atom. The summed E-state index contributed by atoms with van der Waals surface area (Å²) in [4.78, 5) is 12.2. The average Bonchev–Trinajstić information content (AvgIpc) is 2.82. The van der Waals surface area contributed by atoms with Crippen LogP contribution in [-0.2, 0) is 6.54 Å². The second kappa shape index (κ2) is 4.80. The van der Waals surface area contributed by atoms with Crippen molar-refractivity contribution in [1.29, 1.82) is 0 Å². The van der Waals surface area contributed by atoms with Crippen LogP contribution in [0.15, 0.2) is 59.7 Å². The van der Waals surface area contributed by atoms with Gasteiger partial charge in [0.2, 0.25) is 0 Å². The molecule has 0 radical (unpaired) electrons. The van der Waals surface area contributed by atoms with E-state index in [0.717, 1.165) is 16.5 Å². The van der Waals surface area contributed by atoms with Crippen LogP contribution in [0.1, 0.15) is 16.1 Å². The summed E-state index contributed by atoms with van der Waals surface area (Å²) >= 11 is 0. The quantitative estimate of drug-likeness (QED) is 0.736. The molecular formula is C17H12FN3O. The summed E-state index contributed by atoms with van der Waals surface area (Å²) in [6, 6.07) is 15.8. The number of aromatic nitrogens is 1. The topological polar surface area (TPSA) is 46.4 Å². The fourth-order valence-corrected chi connectivity index (χ4v) is 2.73. The molecule has 4 rings (SSSR count). The Hall–Kier alpha value is -2.95. The molecule has 4 nitrogen and oxygen atoms in total. The van der Waals surface area contributed by atoms with Gasteiger partial charge in [0.15, 0.2) is 0 Å². The molecule has 1 aliphatic rings. The third-order valence-electron chi connectivity index (χ3n) is 3.82. The Labute approximate surface area is 125 Å². The zero-order valence-corrected chi connectivity index (χ0v) is 11.6. The van der Waals surface area contributed by atoms with E-state index in [0.29, 0.717) is 18.0 Å². The van der Waals surface area contributed by atoms with Crippen LogP contribution in [0.2, 0.25) is 0 Å². The second-order valence-electron chi connectivity index (χ2n) is 5.18. The lowest BCUT2D eigenvalue weighted by Gasteiger charge is -2.08. The number of para-hydroxylation sites is 1. The molecule has 2 heterocycles. The molecule has 0 bridgehead atoms. The predicted molar refractivity (Wildman–Crippen MR) is 82.3 cm³/mol. The number of benzene rings is 2. The van der Waals surface area contributed by atoms with Crippen LogP contribution in [0, 0.1) is 5.82 Å². The standard InChI is InChI=1S/C17H12FN3O/c18-13-7-5-11(6-8-13)14-10-21-15-4-2-1-3-12(15)9-16(21)17(22)20-19-14/h1-9H,10H2,(H,20,22). The van der Waals surface area contributed by atoms with Crippen LogP contribution in [-0.4, -0.2) is 16.2 Å². The van der Waals surface area contributed by atoms with Gasteiger partial charge in [0.1, 0.15) is 11.5 Å². The maximum atomic E-state index is 13.1. The van der Waals surface area contributed by atoms with Gasteiger partial charge >= 0.3 is 0 Å². The lowest BCUT2D eigenvalue weighted by atomic mass is 10.1. The maximum absolute atomic E-state index is 13.1. The molecule has 0 aliphatic carbocycles. The molecule has 0 saturated carbocycles. The third-order valence-corrected chi connectivity index (χ3v) is 3.82. The van der Waals surface area contributed by atoms with Crippen molar-refractivity contribution >= 4 is 22.5 Å². The van der Waals surface area contributed by atoms with Gasteiger partial charge in [-0.25, -0.2) is 9.82 Å². The molecule has 5 heteroatoms. The minimum absolute atomic E-state index is 0.242. The summed E-state index contributed by atoms with van der Waals surface area (Å²) in [5.74, 6) is -0.539. The Morgan fingerprint density at radius 1 is 1.09 bits per heavy atom. The van der Waals surface area contributed by atoms with Gasteiger partial charge in [-0.3, -0.25) is 4.79 Å². The van der Waals surface area contributed by atoms with Crippen molar-refractivity contribution in [2.24, 2.45) is 5.10 Å². The fraction of sp³-hybridized carbons (Fsp3) is 0.0588. The summed E-state index contributed by atoms with van der Waals surface area (Å²) in [7, 11) is 0. The number of hydrogen-bond acceptors (Lipinski definition) is 2. The lowest BCUT2D eigenvalue weighted by Crippen LogP contribution is -2.17. The SMILES string of the molecule is O=C1NN=C(c2ccc(F)cc2)Cn2c1cc1ccccc12. The zero-order chi connectivity index (χ0) is 15.1. The number of halogens is 1. The van der Waals surface area contributed by atoms with Crippen LogP contribution < -0.4 is 5.43 Å². The van der Waals surface area contributed by atoms with Crippen molar-refractivity contribution in [2.75, 3.05) is 0 Å². The highest BCUT2D eigenvalue weighted by Crippen LogP contribution is 2.22. The molecule has 1 aliphatic heterocycles. The first-order chi connectivity index (χ1) is 10.7.